The second-order valence-corrected chi connectivity index (χ2v) is 10.6. The Balaban J connectivity index is 1.40. The first kappa shape index (κ1) is 26.6. The Labute approximate surface area is 227 Å². The maximum atomic E-state index is 14.8. The average molecular weight is 528 g/mol. The highest BCUT2D eigenvalue weighted by Crippen LogP contribution is 2.36. The molecule has 39 heavy (non-hydrogen) atoms. The molecule has 2 aliphatic rings. The van der Waals surface area contributed by atoms with Crippen LogP contribution in [0.1, 0.15) is 38.8 Å². The molecule has 2 aliphatic heterocycles. The summed E-state index contributed by atoms with van der Waals surface area (Å²) in [6, 6.07) is 19.8. The molecule has 0 spiro atoms. The highest BCUT2D eigenvalue weighted by molar-refractivity contribution is 6.62. The lowest BCUT2D eigenvalue weighted by atomic mass is 9.79. The zero-order valence-electron chi connectivity index (χ0n) is 22.5. The molecule has 8 nitrogen and oxygen atoms in total. The lowest BCUT2D eigenvalue weighted by molar-refractivity contribution is -0.119. The number of fused-ring (bicyclic) bond motifs is 1. The third-order valence-electron chi connectivity index (χ3n) is 7.41. The van der Waals surface area contributed by atoms with Crippen molar-refractivity contribution in [3.63, 3.8) is 0 Å². The SMILES string of the molecule is CN1C(=O)C(NC(=O)Nc2cccc(B3OC(C)(C)C(C)(C)O3)c2)N=C(c2ccccc2F)c2ccccc21. The molecule has 0 radical (unpaired) electrons. The summed E-state index contributed by atoms with van der Waals surface area (Å²) in [6.07, 6.45) is -1.29. The van der Waals surface area contributed by atoms with Crippen LogP contribution in [0.4, 0.5) is 20.6 Å². The standard InChI is InChI=1S/C29H30BFN4O4/c1-28(2)29(3,4)39-30(38-28)18-11-10-12-19(17-18)32-27(37)34-25-26(36)35(5)23-16-9-7-14-21(23)24(33-25)20-13-6-8-15-22(20)31/h6-17,25H,1-5H3,(H2,32,34,37). The number of rotatable bonds is 4. The smallest absolute Gasteiger partial charge is 0.399 e. The molecule has 3 aromatic rings. The third kappa shape index (κ3) is 5.05. The normalized spacial score (nSPS) is 19.7. The van der Waals surface area contributed by atoms with Crippen LogP contribution in [0.5, 0.6) is 0 Å². The van der Waals surface area contributed by atoms with Gasteiger partial charge in [0.05, 0.1) is 22.6 Å². The number of carbonyl (C=O) groups excluding carboxylic acids is 2. The van der Waals surface area contributed by atoms with Gasteiger partial charge in [-0.25, -0.2) is 14.2 Å². The maximum absolute atomic E-state index is 14.8. The molecule has 0 bridgehead atoms. The third-order valence-corrected chi connectivity index (χ3v) is 7.41. The van der Waals surface area contributed by atoms with Gasteiger partial charge in [0.15, 0.2) is 0 Å². The summed E-state index contributed by atoms with van der Waals surface area (Å²) in [7, 11) is 1.00. The molecule has 3 aromatic carbocycles. The number of urea groups is 1. The second-order valence-electron chi connectivity index (χ2n) is 10.6. The van der Waals surface area contributed by atoms with E-state index in [1.165, 1.54) is 11.0 Å². The molecule has 3 amide bonds. The highest BCUT2D eigenvalue weighted by Gasteiger charge is 2.51. The van der Waals surface area contributed by atoms with Gasteiger partial charge in [-0.1, -0.05) is 42.5 Å². The van der Waals surface area contributed by atoms with E-state index in [0.717, 1.165) is 5.46 Å². The number of carbonyl (C=O) groups is 2. The lowest BCUT2D eigenvalue weighted by Gasteiger charge is -2.32. The minimum Gasteiger partial charge on any atom is -0.399 e. The second kappa shape index (κ2) is 9.94. The zero-order chi connectivity index (χ0) is 27.9. The van der Waals surface area contributed by atoms with Gasteiger partial charge in [-0.15, -0.1) is 0 Å². The molecule has 5 rings (SSSR count). The lowest BCUT2D eigenvalue weighted by Crippen LogP contribution is -2.47. The van der Waals surface area contributed by atoms with E-state index in [0.29, 0.717) is 16.9 Å². The van der Waals surface area contributed by atoms with Crippen LogP contribution in [0.3, 0.4) is 0 Å². The molecular weight excluding hydrogens is 498 g/mol. The molecule has 1 unspecified atom stereocenters. The summed E-state index contributed by atoms with van der Waals surface area (Å²) in [4.78, 5) is 32.4. The van der Waals surface area contributed by atoms with Crippen LogP contribution >= 0.6 is 0 Å². The number of benzene rings is 3. The summed E-state index contributed by atoms with van der Waals surface area (Å²) in [5.74, 6) is -0.944. The van der Waals surface area contributed by atoms with Crippen LogP contribution in [-0.2, 0) is 14.1 Å². The van der Waals surface area contributed by atoms with Crippen LogP contribution in [0.15, 0.2) is 77.8 Å². The van der Waals surface area contributed by atoms with E-state index >= 15 is 0 Å². The van der Waals surface area contributed by atoms with Crippen molar-refractivity contribution < 1.29 is 23.3 Å². The fourth-order valence-electron chi connectivity index (χ4n) is 4.52. The van der Waals surface area contributed by atoms with Crippen molar-refractivity contribution >= 4 is 41.6 Å². The number of nitrogens with one attached hydrogen (secondary N) is 2. The van der Waals surface area contributed by atoms with E-state index in [1.807, 2.05) is 33.8 Å². The van der Waals surface area contributed by atoms with E-state index in [2.05, 4.69) is 15.6 Å². The number of hydrogen-bond donors (Lipinski definition) is 2. The monoisotopic (exact) mass is 528 g/mol. The molecule has 2 N–H and O–H groups in total. The summed E-state index contributed by atoms with van der Waals surface area (Å²) in [6.45, 7) is 7.88. The fourth-order valence-corrected chi connectivity index (χ4v) is 4.52. The predicted molar refractivity (Wildman–Crippen MR) is 150 cm³/mol. The number of aliphatic imine (C=N–C) groups is 1. The Morgan fingerprint density at radius 1 is 0.949 bits per heavy atom. The van der Waals surface area contributed by atoms with Crippen LogP contribution in [0, 0.1) is 5.82 Å². The Morgan fingerprint density at radius 2 is 1.59 bits per heavy atom. The van der Waals surface area contributed by atoms with Gasteiger partial charge < -0.3 is 24.8 Å². The molecule has 0 aliphatic carbocycles. The number of likely N-dealkylation sites (N-methyl/N-ethyl adjacent to an activating group) is 1. The molecule has 200 valence electrons. The molecule has 0 aromatic heterocycles. The summed E-state index contributed by atoms with van der Waals surface area (Å²) >= 11 is 0. The molecule has 1 atom stereocenters. The minimum absolute atomic E-state index is 0.232. The van der Waals surface area contributed by atoms with Gasteiger partial charge in [-0.05, 0) is 63.5 Å². The van der Waals surface area contributed by atoms with Crippen LogP contribution in [-0.4, -0.2) is 49.2 Å². The summed E-state index contributed by atoms with van der Waals surface area (Å²) in [5, 5.41) is 5.41. The minimum atomic E-state index is -1.29. The van der Waals surface area contributed by atoms with E-state index in [4.69, 9.17) is 9.31 Å². The quantitative estimate of drug-likeness (QED) is 0.500. The molecule has 1 saturated heterocycles. The Morgan fingerprint density at radius 3 is 2.28 bits per heavy atom. The highest BCUT2D eigenvalue weighted by atomic mass is 19.1. The van der Waals surface area contributed by atoms with E-state index in [1.54, 1.807) is 67.7 Å². The van der Waals surface area contributed by atoms with Crippen molar-refractivity contribution in [2.24, 2.45) is 4.99 Å². The van der Waals surface area contributed by atoms with Crippen molar-refractivity contribution in [1.29, 1.82) is 0 Å². The largest absolute Gasteiger partial charge is 0.494 e. The number of nitrogens with zero attached hydrogens (tertiary/aromatic N) is 2. The first-order chi connectivity index (χ1) is 18.5. The Bertz CT molecular complexity index is 1460. The Kier molecular flexibility index (Phi) is 6.78. The topological polar surface area (TPSA) is 92.3 Å². The van der Waals surface area contributed by atoms with Crippen molar-refractivity contribution in [3.8, 4) is 0 Å². The number of anilines is 2. The van der Waals surface area contributed by atoms with Crippen molar-refractivity contribution in [2.45, 2.75) is 45.1 Å². The maximum Gasteiger partial charge on any atom is 0.494 e. The first-order valence-electron chi connectivity index (χ1n) is 12.7. The van der Waals surface area contributed by atoms with Crippen molar-refractivity contribution in [2.75, 3.05) is 17.3 Å². The summed E-state index contributed by atoms with van der Waals surface area (Å²) in [5.41, 5.74) is 1.86. The first-order valence-corrected chi connectivity index (χ1v) is 12.7. The number of hydrogen-bond acceptors (Lipinski definition) is 5. The molecule has 2 heterocycles. The Hall–Kier alpha value is -4.02. The number of halogens is 1. The van der Waals surface area contributed by atoms with Gasteiger partial charge in [0.1, 0.15) is 5.82 Å². The number of para-hydroxylation sites is 1. The van der Waals surface area contributed by atoms with Gasteiger partial charge in [0.2, 0.25) is 6.17 Å². The average Bonchev–Trinajstić information content (AvgIpc) is 3.06. The number of amides is 3. The van der Waals surface area contributed by atoms with Gasteiger partial charge in [0, 0.05) is 23.9 Å². The van der Waals surface area contributed by atoms with Gasteiger partial charge in [-0.3, -0.25) is 4.79 Å². The van der Waals surface area contributed by atoms with Gasteiger partial charge in [0.25, 0.3) is 5.91 Å². The molecule has 0 saturated carbocycles. The zero-order valence-corrected chi connectivity index (χ0v) is 22.5. The molecule has 1 fully saturated rings. The van der Waals surface area contributed by atoms with Crippen LogP contribution in [0.2, 0.25) is 0 Å². The number of benzodiazepines with no additional fused rings is 1. The predicted octanol–water partition coefficient (Wildman–Crippen LogP) is 4.09. The summed E-state index contributed by atoms with van der Waals surface area (Å²) < 4.78 is 27.1. The van der Waals surface area contributed by atoms with E-state index < -0.39 is 42.2 Å². The van der Waals surface area contributed by atoms with Gasteiger partial charge >= 0.3 is 13.1 Å². The van der Waals surface area contributed by atoms with Crippen molar-refractivity contribution in [1.82, 2.24) is 5.32 Å². The van der Waals surface area contributed by atoms with Crippen LogP contribution in [0.25, 0.3) is 0 Å². The van der Waals surface area contributed by atoms with E-state index in [-0.39, 0.29) is 11.3 Å². The van der Waals surface area contributed by atoms with Crippen LogP contribution < -0.4 is 21.0 Å². The fraction of sp³-hybridized carbons (Fsp3) is 0.276. The molecule has 10 heteroatoms. The van der Waals surface area contributed by atoms with Crippen molar-refractivity contribution in [3.05, 3.63) is 89.7 Å². The molecular formula is C29H30BFN4O4. The van der Waals surface area contributed by atoms with E-state index in [9.17, 15) is 14.0 Å². The van der Waals surface area contributed by atoms with Gasteiger partial charge in [-0.2, -0.15) is 0 Å².